The van der Waals surface area contributed by atoms with Gasteiger partial charge in [-0.05, 0) is 18.6 Å². The lowest BCUT2D eigenvalue weighted by atomic mass is 9.83. The maximum atomic E-state index is 12.8. The number of hydrogen-bond donors (Lipinski definition) is 1. The fourth-order valence-corrected chi connectivity index (χ4v) is 2.47. The number of Topliss-reactive ketones (excluding diaryl/α,β-unsaturated/α-hetero) is 2. The van der Waals surface area contributed by atoms with Gasteiger partial charge in [-0.15, -0.1) is 0 Å². The molecule has 0 saturated heterocycles. The molecule has 22 heavy (non-hydrogen) atoms. The highest BCUT2D eigenvalue weighted by Gasteiger charge is 2.35. The Labute approximate surface area is 129 Å². The summed E-state index contributed by atoms with van der Waals surface area (Å²) in [7, 11) is 0. The van der Waals surface area contributed by atoms with Crippen LogP contribution in [0.1, 0.15) is 24.1 Å². The van der Waals surface area contributed by atoms with Crippen LogP contribution < -0.4 is 10.5 Å². The molecule has 2 rings (SSSR count). The van der Waals surface area contributed by atoms with Crippen LogP contribution in [0.5, 0.6) is 0 Å². The standard InChI is InChI=1S/C17H18N2O3/c1-12(20)14(11-18)17(21)16(13-7-3-2-4-8-13)15-9-5-6-10-19(15)22/h2-10,14,16H,11,18H2,1H3. The van der Waals surface area contributed by atoms with Crippen molar-refractivity contribution in [1.82, 2.24) is 0 Å². The van der Waals surface area contributed by atoms with Crippen LogP contribution in [0.25, 0.3) is 0 Å². The minimum atomic E-state index is -0.912. The Morgan fingerprint density at radius 1 is 1.14 bits per heavy atom. The van der Waals surface area contributed by atoms with E-state index in [-0.39, 0.29) is 18.1 Å². The quantitative estimate of drug-likeness (QED) is 0.493. The first-order chi connectivity index (χ1) is 10.6. The minimum absolute atomic E-state index is 0.0663. The van der Waals surface area contributed by atoms with Crippen LogP contribution in [-0.4, -0.2) is 18.1 Å². The third kappa shape index (κ3) is 3.20. The van der Waals surface area contributed by atoms with Gasteiger partial charge in [0.25, 0.3) is 0 Å². The van der Waals surface area contributed by atoms with Gasteiger partial charge in [-0.1, -0.05) is 30.3 Å². The smallest absolute Gasteiger partial charge is 0.207 e. The lowest BCUT2D eigenvalue weighted by Gasteiger charge is -2.19. The molecular weight excluding hydrogens is 280 g/mol. The summed E-state index contributed by atoms with van der Waals surface area (Å²) in [4.78, 5) is 24.5. The average Bonchev–Trinajstić information content (AvgIpc) is 2.51. The molecule has 1 aromatic heterocycles. The summed E-state index contributed by atoms with van der Waals surface area (Å²) in [5.74, 6) is -2.36. The molecule has 0 amide bonds. The van der Waals surface area contributed by atoms with Crippen LogP contribution in [0, 0.1) is 11.1 Å². The van der Waals surface area contributed by atoms with E-state index < -0.39 is 11.8 Å². The summed E-state index contributed by atoms with van der Waals surface area (Å²) in [6.07, 6.45) is 1.34. The number of rotatable bonds is 6. The predicted octanol–water partition coefficient (Wildman–Crippen LogP) is 1.18. The number of ketones is 2. The Balaban J connectivity index is 2.54. The van der Waals surface area contributed by atoms with Gasteiger partial charge in [0.2, 0.25) is 5.69 Å². The monoisotopic (exact) mass is 298 g/mol. The molecular formula is C17H18N2O3. The number of carbonyl (C=O) groups is 2. The van der Waals surface area contributed by atoms with Gasteiger partial charge in [0.1, 0.15) is 11.7 Å². The molecule has 0 bridgehead atoms. The van der Waals surface area contributed by atoms with Gasteiger partial charge in [-0.2, -0.15) is 4.73 Å². The summed E-state index contributed by atoms with van der Waals surface area (Å²) < 4.78 is 0.656. The van der Waals surface area contributed by atoms with Gasteiger partial charge in [-0.25, -0.2) is 0 Å². The van der Waals surface area contributed by atoms with Crippen LogP contribution in [0.15, 0.2) is 54.7 Å². The number of pyridine rings is 1. The van der Waals surface area contributed by atoms with Crippen molar-refractivity contribution in [3.8, 4) is 0 Å². The van der Waals surface area contributed by atoms with Crippen molar-refractivity contribution in [2.24, 2.45) is 11.7 Å². The van der Waals surface area contributed by atoms with Crippen LogP contribution in [0.3, 0.4) is 0 Å². The fraction of sp³-hybridized carbons (Fsp3) is 0.235. The fourth-order valence-electron chi connectivity index (χ4n) is 2.47. The van der Waals surface area contributed by atoms with E-state index in [0.29, 0.717) is 16.0 Å². The van der Waals surface area contributed by atoms with Gasteiger partial charge >= 0.3 is 0 Å². The van der Waals surface area contributed by atoms with Crippen LogP contribution >= 0.6 is 0 Å². The number of nitrogens with zero attached hydrogens (tertiary/aromatic N) is 1. The summed E-state index contributed by atoms with van der Waals surface area (Å²) in [5, 5.41) is 12.1. The van der Waals surface area contributed by atoms with E-state index in [1.54, 1.807) is 42.5 Å². The zero-order valence-electron chi connectivity index (χ0n) is 12.3. The van der Waals surface area contributed by atoms with E-state index in [1.807, 2.05) is 6.07 Å². The molecule has 0 fully saturated rings. The van der Waals surface area contributed by atoms with E-state index in [2.05, 4.69) is 0 Å². The highest BCUT2D eigenvalue weighted by atomic mass is 16.5. The van der Waals surface area contributed by atoms with Gasteiger partial charge < -0.3 is 10.9 Å². The number of hydrogen-bond acceptors (Lipinski definition) is 4. The summed E-state index contributed by atoms with van der Waals surface area (Å²) in [6.45, 7) is 1.27. The van der Waals surface area contributed by atoms with E-state index in [1.165, 1.54) is 13.1 Å². The average molecular weight is 298 g/mol. The van der Waals surface area contributed by atoms with E-state index >= 15 is 0 Å². The first-order valence-corrected chi connectivity index (χ1v) is 7.03. The molecule has 2 atom stereocenters. The van der Waals surface area contributed by atoms with E-state index in [0.717, 1.165) is 0 Å². The van der Waals surface area contributed by atoms with Gasteiger partial charge in [0.15, 0.2) is 12.0 Å². The maximum Gasteiger partial charge on any atom is 0.207 e. The van der Waals surface area contributed by atoms with Crippen molar-refractivity contribution in [3.63, 3.8) is 0 Å². The molecule has 5 nitrogen and oxygen atoms in total. The lowest BCUT2D eigenvalue weighted by Crippen LogP contribution is -2.40. The number of nitrogens with two attached hydrogens (primary N) is 1. The maximum absolute atomic E-state index is 12.8. The van der Waals surface area contributed by atoms with Crippen molar-refractivity contribution in [2.45, 2.75) is 12.8 Å². The molecule has 2 unspecified atom stereocenters. The predicted molar refractivity (Wildman–Crippen MR) is 81.9 cm³/mol. The summed E-state index contributed by atoms with van der Waals surface area (Å²) in [6, 6.07) is 13.8. The zero-order valence-corrected chi connectivity index (χ0v) is 12.3. The molecule has 0 radical (unpaired) electrons. The Kier molecular flexibility index (Phi) is 5.01. The van der Waals surface area contributed by atoms with Crippen LogP contribution in [0.2, 0.25) is 0 Å². The normalized spacial score (nSPS) is 13.4. The van der Waals surface area contributed by atoms with Crippen LogP contribution in [-0.2, 0) is 9.59 Å². The molecule has 2 N–H and O–H groups in total. The number of benzene rings is 1. The lowest BCUT2D eigenvalue weighted by molar-refractivity contribution is -0.614. The highest BCUT2D eigenvalue weighted by Crippen LogP contribution is 2.26. The SMILES string of the molecule is CC(=O)C(CN)C(=O)C(c1ccccc1)c1cccc[n+]1[O-]. The Morgan fingerprint density at radius 3 is 2.32 bits per heavy atom. The Morgan fingerprint density at radius 2 is 1.77 bits per heavy atom. The molecule has 0 spiro atoms. The molecule has 0 aliphatic rings. The second-order valence-corrected chi connectivity index (χ2v) is 5.10. The van der Waals surface area contributed by atoms with Gasteiger partial charge in [-0.3, -0.25) is 9.59 Å². The highest BCUT2D eigenvalue weighted by molar-refractivity contribution is 6.05. The molecule has 114 valence electrons. The summed E-state index contributed by atoms with van der Waals surface area (Å²) in [5.41, 5.74) is 6.54. The number of carbonyl (C=O) groups excluding carboxylic acids is 2. The van der Waals surface area contributed by atoms with E-state index in [9.17, 15) is 14.8 Å². The minimum Gasteiger partial charge on any atom is -0.618 e. The Bertz CT molecular complexity index is 671. The first-order valence-electron chi connectivity index (χ1n) is 7.03. The van der Waals surface area contributed by atoms with Crippen molar-refractivity contribution >= 4 is 11.6 Å². The summed E-state index contributed by atoms with van der Waals surface area (Å²) >= 11 is 0. The second kappa shape index (κ2) is 6.95. The van der Waals surface area contributed by atoms with E-state index in [4.69, 9.17) is 5.73 Å². The molecule has 2 aromatic rings. The molecule has 0 saturated carbocycles. The second-order valence-electron chi connectivity index (χ2n) is 5.10. The third-order valence-corrected chi connectivity index (χ3v) is 3.64. The molecule has 1 heterocycles. The zero-order chi connectivity index (χ0) is 16.1. The van der Waals surface area contributed by atoms with Crippen molar-refractivity contribution in [1.29, 1.82) is 0 Å². The molecule has 0 aliphatic heterocycles. The largest absolute Gasteiger partial charge is 0.618 e. The topological polar surface area (TPSA) is 87.1 Å². The van der Waals surface area contributed by atoms with Crippen molar-refractivity contribution in [2.75, 3.05) is 6.54 Å². The first kappa shape index (κ1) is 15.9. The van der Waals surface area contributed by atoms with Crippen LogP contribution in [0.4, 0.5) is 0 Å². The Hall–Kier alpha value is -2.53. The van der Waals surface area contributed by atoms with Gasteiger partial charge in [0, 0.05) is 18.7 Å². The van der Waals surface area contributed by atoms with Crippen molar-refractivity contribution < 1.29 is 14.3 Å². The molecule has 1 aromatic carbocycles. The van der Waals surface area contributed by atoms with Crippen molar-refractivity contribution in [3.05, 3.63) is 71.2 Å². The molecule has 0 aliphatic carbocycles. The third-order valence-electron chi connectivity index (χ3n) is 3.64. The van der Waals surface area contributed by atoms with Gasteiger partial charge in [0.05, 0.1) is 5.92 Å². The molecule has 5 heteroatoms. The number of aromatic nitrogens is 1.